The fourth-order valence-electron chi connectivity index (χ4n) is 5.16. The number of fused-ring (bicyclic) bond motifs is 2. The minimum atomic E-state index is -2.80. The number of likely N-dealkylation sites (N-methyl/N-ethyl adjacent to an activating group) is 1. The van der Waals surface area contributed by atoms with E-state index in [1.807, 2.05) is 50.1 Å². The molecule has 8 nitrogen and oxygen atoms in total. The Hall–Kier alpha value is -4.34. The van der Waals surface area contributed by atoms with Crippen molar-refractivity contribution in [3.8, 4) is 5.88 Å². The topological polar surface area (TPSA) is 94.5 Å². The number of halogens is 2. The molecule has 0 unspecified atom stereocenters. The van der Waals surface area contributed by atoms with Gasteiger partial charge in [0, 0.05) is 49.8 Å². The third kappa shape index (κ3) is 5.13. The first-order chi connectivity index (χ1) is 18.9. The molecule has 1 atom stereocenters. The number of rotatable bonds is 7. The average molecular weight is 547 g/mol. The Morgan fingerprint density at radius 3 is 2.65 bits per heavy atom. The van der Waals surface area contributed by atoms with Gasteiger partial charge in [0.05, 0.1) is 29.9 Å². The molecule has 1 aliphatic rings. The summed E-state index contributed by atoms with van der Waals surface area (Å²) < 4.78 is 28.8. The second kappa shape index (κ2) is 10.3. The maximum atomic E-state index is 14.4. The minimum Gasteiger partial charge on any atom is -0.493 e. The van der Waals surface area contributed by atoms with Crippen molar-refractivity contribution in [2.24, 2.45) is 0 Å². The smallest absolute Gasteiger partial charge is 0.273 e. The monoisotopic (exact) mass is 546 g/mol. The largest absolute Gasteiger partial charge is 0.493 e. The Morgan fingerprint density at radius 2 is 1.90 bits per heavy atom. The molecule has 0 fully saturated rings. The summed E-state index contributed by atoms with van der Waals surface area (Å²) in [5, 5.41) is 14.4. The van der Waals surface area contributed by atoms with Gasteiger partial charge in [0.25, 0.3) is 5.92 Å². The van der Waals surface area contributed by atoms with Crippen LogP contribution >= 0.6 is 0 Å². The first-order valence-corrected chi connectivity index (χ1v) is 13.1. The number of amides is 1. The Morgan fingerprint density at radius 1 is 1.12 bits per heavy atom. The fourth-order valence-corrected chi connectivity index (χ4v) is 5.16. The number of carbonyl (C=O) groups excluding carboxylic acids is 1. The number of carbonyl (C=O) groups is 1. The molecule has 1 aliphatic carbocycles. The molecule has 0 saturated carbocycles. The van der Waals surface area contributed by atoms with Gasteiger partial charge in [-0.1, -0.05) is 18.2 Å². The molecule has 4 aromatic rings. The highest BCUT2D eigenvalue weighted by molar-refractivity contribution is 5.92. The molecule has 0 bridgehead atoms. The first kappa shape index (κ1) is 27.2. The van der Waals surface area contributed by atoms with Crippen molar-refractivity contribution < 1.29 is 18.7 Å². The third-order valence-electron chi connectivity index (χ3n) is 7.45. The van der Waals surface area contributed by atoms with Crippen LogP contribution in [0.5, 0.6) is 5.88 Å². The van der Waals surface area contributed by atoms with Crippen LogP contribution in [0, 0.1) is 6.92 Å². The number of nitrogens with one attached hydrogen (secondary N) is 1. The van der Waals surface area contributed by atoms with Crippen LogP contribution in [0.25, 0.3) is 10.9 Å². The lowest BCUT2D eigenvalue weighted by atomic mass is 9.97. The van der Waals surface area contributed by atoms with E-state index < -0.39 is 5.92 Å². The van der Waals surface area contributed by atoms with Crippen LogP contribution in [0.3, 0.4) is 0 Å². The molecule has 2 N–H and O–H groups in total. The minimum absolute atomic E-state index is 0.0272. The van der Waals surface area contributed by atoms with Gasteiger partial charge in [0.1, 0.15) is 11.6 Å². The standard InChI is InChI=1S/C30H32F2N6O2/c1-17(22-7-6-8-25-23(22)11-12-30(25,31)32)34-28-24-15-20(9-10-26(24)35-18(2)36-28)38(5)21-13-19(29(40)33-16-21)14-27(39)37(3)4/h6-10,13,15-17H,11-12,14H2,1-5H3,(H,33,40)(H,34,35,36)/t17-/m1/s1. The molecule has 2 aromatic heterocycles. The van der Waals surface area contributed by atoms with E-state index in [2.05, 4.69) is 20.3 Å². The lowest BCUT2D eigenvalue weighted by molar-refractivity contribution is -0.128. The number of aryl methyl sites for hydroxylation is 1. The maximum absolute atomic E-state index is 14.4. The normalized spacial score (nSPS) is 14.6. The molecule has 2 heterocycles. The van der Waals surface area contributed by atoms with Gasteiger partial charge in [-0.3, -0.25) is 4.79 Å². The van der Waals surface area contributed by atoms with Gasteiger partial charge >= 0.3 is 0 Å². The van der Waals surface area contributed by atoms with Crippen molar-refractivity contribution in [2.75, 3.05) is 31.4 Å². The SMILES string of the molecule is Cc1nc(N[C@H](C)c2cccc3c2CCC3(F)F)c2cc(N(C)c3cnc(O)c(CC(=O)N(C)C)c3)ccc2n1. The number of aromatic nitrogens is 3. The van der Waals surface area contributed by atoms with E-state index in [0.717, 1.165) is 22.2 Å². The summed E-state index contributed by atoms with van der Waals surface area (Å²) in [6.45, 7) is 3.76. The molecule has 2 aromatic carbocycles. The highest BCUT2D eigenvalue weighted by atomic mass is 19.3. The predicted octanol–water partition coefficient (Wildman–Crippen LogP) is 5.65. The molecular formula is C30H32F2N6O2. The second-order valence-corrected chi connectivity index (χ2v) is 10.5. The Labute approximate surface area is 231 Å². The summed E-state index contributed by atoms with van der Waals surface area (Å²) in [5.41, 5.74) is 4.32. The number of aromatic hydroxyl groups is 1. The highest BCUT2D eigenvalue weighted by Gasteiger charge is 2.40. The molecule has 1 amide bonds. The number of hydrogen-bond acceptors (Lipinski definition) is 7. The van der Waals surface area contributed by atoms with Gasteiger partial charge in [0.15, 0.2) is 0 Å². The van der Waals surface area contributed by atoms with E-state index in [9.17, 15) is 18.7 Å². The molecule has 0 saturated heterocycles. The molecule has 0 radical (unpaired) electrons. The highest BCUT2D eigenvalue weighted by Crippen LogP contribution is 2.44. The summed E-state index contributed by atoms with van der Waals surface area (Å²) in [6, 6.07) is 12.4. The molecule has 0 spiro atoms. The lowest BCUT2D eigenvalue weighted by Gasteiger charge is -2.22. The quantitative estimate of drug-likeness (QED) is 0.309. The van der Waals surface area contributed by atoms with Gasteiger partial charge in [0.2, 0.25) is 11.8 Å². The fraction of sp³-hybridized carbons (Fsp3) is 0.333. The summed E-state index contributed by atoms with van der Waals surface area (Å²) in [6.07, 6.45) is 1.74. The van der Waals surface area contributed by atoms with Crippen molar-refractivity contribution in [3.63, 3.8) is 0 Å². The van der Waals surface area contributed by atoms with Crippen LogP contribution < -0.4 is 10.2 Å². The number of benzene rings is 2. The Kier molecular flexibility index (Phi) is 7.03. The van der Waals surface area contributed by atoms with E-state index in [1.54, 1.807) is 32.4 Å². The summed E-state index contributed by atoms with van der Waals surface area (Å²) in [5.74, 6) is -1.93. The van der Waals surface area contributed by atoms with Crippen LogP contribution in [-0.2, 0) is 23.6 Å². The van der Waals surface area contributed by atoms with Crippen molar-refractivity contribution in [3.05, 3.63) is 76.7 Å². The number of pyridine rings is 1. The second-order valence-electron chi connectivity index (χ2n) is 10.5. The van der Waals surface area contributed by atoms with Gasteiger partial charge in [-0.2, -0.15) is 0 Å². The number of hydrogen-bond donors (Lipinski definition) is 2. The molecular weight excluding hydrogens is 514 g/mol. The predicted molar refractivity (Wildman–Crippen MR) is 151 cm³/mol. The molecule has 208 valence electrons. The van der Waals surface area contributed by atoms with Crippen LogP contribution in [0.4, 0.5) is 26.0 Å². The van der Waals surface area contributed by atoms with E-state index in [1.165, 1.54) is 11.0 Å². The van der Waals surface area contributed by atoms with Gasteiger partial charge < -0.3 is 20.2 Å². The van der Waals surface area contributed by atoms with Gasteiger partial charge in [-0.05, 0) is 55.7 Å². The van der Waals surface area contributed by atoms with Crippen molar-refractivity contribution in [2.45, 2.75) is 45.1 Å². The van der Waals surface area contributed by atoms with E-state index in [-0.39, 0.29) is 36.2 Å². The molecule has 10 heteroatoms. The van der Waals surface area contributed by atoms with Gasteiger partial charge in [-0.15, -0.1) is 0 Å². The zero-order chi connectivity index (χ0) is 28.8. The lowest BCUT2D eigenvalue weighted by Crippen LogP contribution is -2.23. The number of nitrogens with zero attached hydrogens (tertiary/aromatic N) is 5. The first-order valence-electron chi connectivity index (χ1n) is 13.1. The van der Waals surface area contributed by atoms with Crippen LogP contribution in [0.2, 0.25) is 0 Å². The van der Waals surface area contributed by atoms with Gasteiger partial charge in [-0.25, -0.2) is 23.7 Å². The van der Waals surface area contributed by atoms with E-state index in [4.69, 9.17) is 0 Å². The van der Waals surface area contributed by atoms with Crippen LogP contribution in [0.1, 0.15) is 47.5 Å². The van der Waals surface area contributed by atoms with Crippen molar-refractivity contribution >= 4 is 34.0 Å². The number of anilines is 3. The molecule has 5 rings (SSSR count). The van der Waals surface area contributed by atoms with Crippen molar-refractivity contribution in [1.82, 2.24) is 19.9 Å². The molecule has 0 aliphatic heterocycles. The summed E-state index contributed by atoms with van der Waals surface area (Å²) >= 11 is 0. The zero-order valence-electron chi connectivity index (χ0n) is 23.2. The average Bonchev–Trinajstić information content (AvgIpc) is 3.23. The maximum Gasteiger partial charge on any atom is 0.273 e. The van der Waals surface area contributed by atoms with E-state index >= 15 is 0 Å². The van der Waals surface area contributed by atoms with Crippen molar-refractivity contribution in [1.29, 1.82) is 0 Å². The number of alkyl halides is 2. The summed E-state index contributed by atoms with van der Waals surface area (Å²) in [4.78, 5) is 28.9. The van der Waals surface area contributed by atoms with Crippen LogP contribution in [-0.4, -0.2) is 52.0 Å². The third-order valence-corrected chi connectivity index (χ3v) is 7.45. The Balaban J connectivity index is 1.48. The zero-order valence-corrected chi connectivity index (χ0v) is 23.2. The Bertz CT molecular complexity index is 1610. The van der Waals surface area contributed by atoms with E-state index in [0.29, 0.717) is 34.9 Å². The van der Waals surface area contributed by atoms with Crippen LogP contribution in [0.15, 0.2) is 48.7 Å². The summed E-state index contributed by atoms with van der Waals surface area (Å²) in [7, 11) is 5.19. The molecule has 40 heavy (non-hydrogen) atoms.